The summed E-state index contributed by atoms with van der Waals surface area (Å²) in [5, 5.41) is 11.9. The third-order valence-corrected chi connectivity index (χ3v) is 5.21. The Hall–Kier alpha value is -1.40. The van der Waals surface area contributed by atoms with Crippen molar-refractivity contribution >= 4 is 16.2 Å². The predicted octanol–water partition coefficient (Wildman–Crippen LogP) is 2.44. The van der Waals surface area contributed by atoms with Gasteiger partial charge in [-0.2, -0.15) is 4.31 Å². The zero-order valence-electron chi connectivity index (χ0n) is 13.3. The number of hydroxylamine groups is 1. The molecule has 0 fully saturated rings. The maximum atomic E-state index is 12.3. The zero-order chi connectivity index (χ0) is 16.3. The quantitative estimate of drug-likeness (QED) is 0.363. The molecule has 0 spiro atoms. The third kappa shape index (κ3) is 4.28. The van der Waals surface area contributed by atoms with Gasteiger partial charge in [0.1, 0.15) is 0 Å². The normalized spacial score (nSPS) is 13.7. The Morgan fingerprint density at radius 2 is 1.62 bits per heavy atom. The van der Waals surface area contributed by atoms with Crippen LogP contribution < -0.4 is 0 Å². The summed E-state index contributed by atoms with van der Waals surface area (Å²) in [6, 6.07) is 6.37. The molecule has 21 heavy (non-hydrogen) atoms. The molecule has 6 heteroatoms. The zero-order valence-corrected chi connectivity index (χ0v) is 14.1. The van der Waals surface area contributed by atoms with Crippen LogP contribution in [0.5, 0.6) is 0 Å². The summed E-state index contributed by atoms with van der Waals surface area (Å²) in [5.41, 5.74) is 0.157. The van der Waals surface area contributed by atoms with Gasteiger partial charge in [-0.25, -0.2) is 13.2 Å². The van der Waals surface area contributed by atoms with Gasteiger partial charge in [-0.15, -0.1) is 0 Å². The van der Waals surface area contributed by atoms with Crippen molar-refractivity contribution in [1.29, 1.82) is 0 Å². The topological polar surface area (TPSA) is 63.5 Å². The van der Waals surface area contributed by atoms with Gasteiger partial charge in [-0.05, 0) is 24.3 Å². The molecule has 0 heterocycles. The lowest BCUT2D eigenvalue weighted by atomic mass is 10.1. The fraction of sp³-hybridized carbons (Fsp3) is 0.533. The molecule has 0 aliphatic carbocycles. The van der Waals surface area contributed by atoms with Crippen LogP contribution in [0.3, 0.4) is 0 Å². The monoisotopic (exact) mass is 312 g/mol. The largest absolute Gasteiger partial charge is 0.623 e. The average molecular weight is 312 g/mol. The van der Waals surface area contributed by atoms with Gasteiger partial charge in [0.25, 0.3) is 0 Å². The summed E-state index contributed by atoms with van der Waals surface area (Å²) in [6.45, 7) is 9.93. The molecular weight excluding hydrogens is 288 g/mol. The lowest BCUT2D eigenvalue weighted by molar-refractivity contribution is -0.530. The van der Waals surface area contributed by atoms with E-state index in [-0.39, 0.29) is 4.90 Å². The Balaban J connectivity index is 3.09. The number of sulfonamides is 1. The summed E-state index contributed by atoms with van der Waals surface area (Å²) in [6.07, 6.45) is 1.47. The molecule has 0 radical (unpaired) electrons. The molecule has 1 aromatic carbocycles. The van der Waals surface area contributed by atoms with Crippen LogP contribution >= 0.6 is 0 Å². The number of nitrogens with zero attached hydrogens (tertiary/aromatic N) is 2. The Morgan fingerprint density at radius 3 is 2.00 bits per heavy atom. The minimum atomic E-state index is -3.45. The molecule has 0 aromatic heterocycles. The van der Waals surface area contributed by atoms with Crippen molar-refractivity contribution < 1.29 is 13.2 Å². The second-order valence-corrected chi connectivity index (χ2v) is 7.72. The van der Waals surface area contributed by atoms with Crippen LogP contribution in [0.25, 0.3) is 0 Å². The van der Waals surface area contributed by atoms with Crippen LogP contribution in [0.4, 0.5) is 0 Å². The van der Waals surface area contributed by atoms with Gasteiger partial charge < -0.3 is 5.21 Å². The molecule has 1 rings (SSSR count). The van der Waals surface area contributed by atoms with E-state index in [0.29, 0.717) is 18.7 Å². The standard InChI is InChI=1S/C15H24N2O3S/c1-6-16(7-2)21(19,20)14-10-8-13(9-11-14)12-17(18)15(3,4)5/h8-12H,6-7H2,1-5H3/b17-12-. The first-order valence-corrected chi connectivity index (χ1v) is 8.48. The molecule has 118 valence electrons. The van der Waals surface area contributed by atoms with E-state index in [2.05, 4.69) is 0 Å². The van der Waals surface area contributed by atoms with E-state index >= 15 is 0 Å². The first-order chi connectivity index (χ1) is 9.62. The smallest absolute Gasteiger partial charge is 0.243 e. The molecule has 0 saturated heterocycles. The van der Waals surface area contributed by atoms with Crippen LogP contribution in [0.2, 0.25) is 0 Å². The van der Waals surface area contributed by atoms with E-state index in [4.69, 9.17) is 0 Å². The summed E-state index contributed by atoms with van der Waals surface area (Å²) in [4.78, 5) is 0.247. The summed E-state index contributed by atoms with van der Waals surface area (Å²) in [7, 11) is -3.45. The molecule has 0 aliphatic heterocycles. The second-order valence-electron chi connectivity index (χ2n) is 5.78. The van der Waals surface area contributed by atoms with Gasteiger partial charge in [0, 0.05) is 39.4 Å². The minimum Gasteiger partial charge on any atom is -0.623 e. The van der Waals surface area contributed by atoms with E-state index in [1.807, 2.05) is 34.6 Å². The molecule has 1 aromatic rings. The van der Waals surface area contributed by atoms with Gasteiger partial charge in [0.2, 0.25) is 10.0 Å². The number of rotatable bonds is 5. The highest BCUT2D eigenvalue weighted by Gasteiger charge is 2.22. The van der Waals surface area contributed by atoms with Crippen molar-refractivity contribution in [1.82, 2.24) is 4.31 Å². The van der Waals surface area contributed by atoms with Gasteiger partial charge in [0.15, 0.2) is 11.8 Å². The molecule has 0 amide bonds. The number of benzene rings is 1. The van der Waals surface area contributed by atoms with E-state index < -0.39 is 15.6 Å². The number of hydrogen-bond acceptors (Lipinski definition) is 3. The van der Waals surface area contributed by atoms with Crippen LogP contribution in [-0.4, -0.2) is 42.3 Å². The Bertz CT molecular complexity index is 595. The van der Waals surface area contributed by atoms with E-state index in [1.54, 1.807) is 12.1 Å². The van der Waals surface area contributed by atoms with Crippen molar-refractivity contribution in [3.8, 4) is 0 Å². The molecular formula is C15H24N2O3S. The van der Waals surface area contributed by atoms with Crippen molar-refractivity contribution in [3.63, 3.8) is 0 Å². The Labute approximate surface area is 127 Å². The molecule has 0 N–H and O–H groups in total. The van der Waals surface area contributed by atoms with Gasteiger partial charge in [-0.1, -0.05) is 13.8 Å². The Kier molecular flexibility index (Phi) is 5.53. The van der Waals surface area contributed by atoms with E-state index in [1.165, 1.54) is 22.7 Å². The summed E-state index contributed by atoms with van der Waals surface area (Å²) < 4.78 is 26.9. The summed E-state index contributed by atoms with van der Waals surface area (Å²) in [5.74, 6) is 0. The van der Waals surface area contributed by atoms with Crippen molar-refractivity contribution in [2.45, 2.75) is 45.1 Å². The first kappa shape index (κ1) is 17.7. The van der Waals surface area contributed by atoms with Crippen molar-refractivity contribution in [2.75, 3.05) is 13.1 Å². The molecule has 0 atom stereocenters. The van der Waals surface area contributed by atoms with Gasteiger partial charge in [-0.3, -0.25) is 0 Å². The molecule has 5 nitrogen and oxygen atoms in total. The highest BCUT2D eigenvalue weighted by atomic mass is 32.2. The second kappa shape index (κ2) is 6.58. The molecule has 0 saturated carbocycles. The average Bonchev–Trinajstić information content (AvgIpc) is 2.39. The third-order valence-electron chi connectivity index (χ3n) is 3.15. The predicted molar refractivity (Wildman–Crippen MR) is 85.1 cm³/mol. The van der Waals surface area contributed by atoms with E-state index in [9.17, 15) is 13.6 Å². The lowest BCUT2D eigenvalue weighted by Crippen LogP contribution is -2.30. The van der Waals surface area contributed by atoms with Crippen LogP contribution in [0.15, 0.2) is 29.2 Å². The van der Waals surface area contributed by atoms with Gasteiger partial charge >= 0.3 is 0 Å². The molecule has 0 unspecified atom stereocenters. The molecule has 0 bridgehead atoms. The molecule has 0 aliphatic rings. The lowest BCUT2D eigenvalue weighted by Gasteiger charge is -2.19. The maximum absolute atomic E-state index is 12.3. The summed E-state index contributed by atoms with van der Waals surface area (Å²) >= 11 is 0. The highest BCUT2D eigenvalue weighted by molar-refractivity contribution is 7.89. The maximum Gasteiger partial charge on any atom is 0.243 e. The van der Waals surface area contributed by atoms with Crippen LogP contribution in [0.1, 0.15) is 40.2 Å². The SMILES string of the molecule is CCN(CC)S(=O)(=O)c1ccc(/C=[N+](\[O-])C(C)(C)C)cc1. The minimum absolute atomic E-state index is 0.247. The van der Waals surface area contributed by atoms with Crippen molar-refractivity contribution in [3.05, 3.63) is 35.0 Å². The highest BCUT2D eigenvalue weighted by Crippen LogP contribution is 2.16. The van der Waals surface area contributed by atoms with Gasteiger partial charge in [0.05, 0.1) is 4.90 Å². The fourth-order valence-corrected chi connectivity index (χ4v) is 3.23. The van der Waals surface area contributed by atoms with Crippen LogP contribution in [-0.2, 0) is 10.0 Å². The van der Waals surface area contributed by atoms with Crippen molar-refractivity contribution in [2.24, 2.45) is 0 Å². The van der Waals surface area contributed by atoms with E-state index in [0.717, 1.165) is 4.74 Å². The Morgan fingerprint density at radius 1 is 1.14 bits per heavy atom. The van der Waals surface area contributed by atoms with Crippen LogP contribution in [0, 0.1) is 5.21 Å². The fourth-order valence-electron chi connectivity index (χ4n) is 1.77. The number of hydrogen-bond donors (Lipinski definition) is 0. The first-order valence-electron chi connectivity index (χ1n) is 7.04.